The molecule has 0 bridgehead atoms. The molecule has 2 aromatic carbocycles. The van der Waals surface area contributed by atoms with E-state index in [2.05, 4.69) is 4.84 Å². The van der Waals surface area contributed by atoms with Gasteiger partial charge in [-0.15, -0.1) is 0 Å². The van der Waals surface area contributed by atoms with Crippen LogP contribution in [0.15, 0.2) is 42.5 Å². The lowest BCUT2D eigenvalue weighted by Crippen LogP contribution is -2.41. The topological polar surface area (TPSA) is 64.8 Å². The van der Waals surface area contributed by atoms with E-state index in [1.165, 1.54) is 7.11 Å². The van der Waals surface area contributed by atoms with Crippen molar-refractivity contribution < 1.29 is 24.0 Å². The molecule has 0 N–H and O–H groups in total. The van der Waals surface area contributed by atoms with E-state index < -0.39 is 11.6 Å². The molecule has 0 spiro atoms. The highest BCUT2D eigenvalue weighted by molar-refractivity contribution is 6.32. The predicted octanol–water partition coefficient (Wildman–Crippen LogP) is 4.25. The second-order valence-corrected chi connectivity index (χ2v) is 6.75. The quantitative estimate of drug-likeness (QED) is 0.576. The Balaban J connectivity index is 1.71. The largest absolute Gasteiger partial charge is 0.484 e. The molecule has 1 atom stereocenters. The fourth-order valence-electron chi connectivity index (χ4n) is 2.81. The van der Waals surface area contributed by atoms with Crippen molar-refractivity contribution in [3.05, 3.63) is 63.5 Å². The highest BCUT2D eigenvalue weighted by Crippen LogP contribution is 2.39. The van der Waals surface area contributed by atoms with Crippen molar-refractivity contribution in [1.29, 1.82) is 0 Å². The van der Waals surface area contributed by atoms with E-state index in [1.54, 1.807) is 36.4 Å². The molecule has 1 aliphatic heterocycles. The number of hydrogen-bond donors (Lipinski definition) is 0. The van der Waals surface area contributed by atoms with E-state index in [1.807, 2.05) is 13.0 Å². The molecule has 0 amide bonds. The summed E-state index contributed by atoms with van der Waals surface area (Å²) in [6.45, 7) is 2.00. The smallest absolute Gasteiger partial charge is 0.338 e. The number of carbonyl (C=O) groups is 1. The maximum atomic E-state index is 12.1. The van der Waals surface area contributed by atoms with Gasteiger partial charge in [-0.3, -0.25) is 0 Å². The number of nitrogens with zero attached hydrogens (tertiary/aromatic N) is 1. The van der Waals surface area contributed by atoms with E-state index in [-0.39, 0.29) is 17.3 Å². The Bertz CT molecular complexity index is 839. The standard InChI is InChI=1S/C19H19ClNO5/c1-19(12-25-18(22)13-6-4-3-5-7-13)9-8-14-10-16(21(23)24-2)15(20)11-17(14)26-19/h3-7,10-11H,8-9,12H2,1-2H3/q+1. The van der Waals surface area contributed by atoms with Gasteiger partial charge in [0.05, 0.1) is 10.5 Å². The summed E-state index contributed by atoms with van der Waals surface area (Å²) < 4.78 is 11.5. The molecule has 0 fully saturated rings. The Morgan fingerprint density at radius 3 is 2.73 bits per heavy atom. The summed E-state index contributed by atoms with van der Waals surface area (Å²) in [4.78, 5) is 28.8. The molecule has 1 unspecified atom stereocenters. The van der Waals surface area contributed by atoms with Crippen LogP contribution in [0.5, 0.6) is 5.75 Å². The summed E-state index contributed by atoms with van der Waals surface area (Å²) in [5, 5.41) is 0.228. The molecule has 0 aliphatic carbocycles. The average molecular weight is 377 g/mol. The van der Waals surface area contributed by atoms with E-state index >= 15 is 0 Å². The van der Waals surface area contributed by atoms with Crippen LogP contribution in [0, 0.1) is 4.91 Å². The van der Waals surface area contributed by atoms with Crippen LogP contribution in [0.3, 0.4) is 0 Å². The van der Waals surface area contributed by atoms with Crippen molar-refractivity contribution in [3.63, 3.8) is 0 Å². The van der Waals surface area contributed by atoms with Crippen molar-refractivity contribution in [1.82, 2.24) is 0 Å². The molecule has 26 heavy (non-hydrogen) atoms. The van der Waals surface area contributed by atoms with Crippen molar-refractivity contribution >= 4 is 23.3 Å². The Kier molecular flexibility index (Phi) is 5.13. The van der Waals surface area contributed by atoms with Crippen molar-refractivity contribution in [3.8, 4) is 5.75 Å². The van der Waals surface area contributed by atoms with Crippen LogP contribution in [0.25, 0.3) is 0 Å². The van der Waals surface area contributed by atoms with Crippen LogP contribution in [-0.4, -0.2) is 30.2 Å². The first-order chi connectivity index (χ1) is 12.4. The fourth-order valence-corrected chi connectivity index (χ4v) is 3.03. The lowest BCUT2D eigenvalue weighted by atomic mass is 9.93. The fraction of sp³-hybridized carbons (Fsp3) is 0.316. The van der Waals surface area contributed by atoms with Gasteiger partial charge in [0.25, 0.3) is 4.92 Å². The van der Waals surface area contributed by atoms with Crippen LogP contribution < -0.4 is 4.74 Å². The van der Waals surface area contributed by atoms with Crippen LogP contribution in [0.1, 0.15) is 29.3 Å². The minimum atomic E-state index is -0.666. The number of rotatable bonds is 5. The Labute approximate surface area is 156 Å². The summed E-state index contributed by atoms with van der Waals surface area (Å²) in [6, 6.07) is 12.1. The molecule has 1 heterocycles. The van der Waals surface area contributed by atoms with Crippen molar-refractivity contribution in [2.75, 3.05) is 13.7 Å². The predicted molar refractivity (Wildman–Crippen MR) is 95.8 cm³/mol. The molecule has 0 aromatic heterocycles. The van der Waals surface area contributed by atoms with Gasteiger partial charge in [0.1, 0.15) is 23.0 Å². The molecule has 7 heteroatoms. The maximum Gasteiger partial charge on any atom is 0.338 e. The first-order valence-electron chi connectivity index (χ1n) is 8.17. The third-order valence-electron chi connectivity index (χ3n) is 4.29. The Hall–Kier alpha value is -2.60. The molecule has 0 radical (unpaired) electrons. The zero-order chi connectivity index (χ0) is 18.7. The van der Waals surface area contributed by atoms with Crippen LogP contribution in [0.4, 0.5) is 5.69 Å². The van der Waals surface area contributed by atoms with Gasteiger partial charge in [0.15, 0.2) is 7.11 Å². The minimum absolute atomic E-state index is 0.116. The number of carbonyl (C=O) groups excluding carboxylic acids is 1. The lowest BCUT2D eigenvalue weighted by Gasteiger charge is -2.35. The molecule has 0 saturated carbocycles. The lowest BCUT2D eigenvalue weighted by molar-refractivity contribution is -0.736. The SMILES string of the molecule is CO[N+](=O)c1cc2c(cc1Cl)OC(C)(COC(=O)c1ccccc1)CC2. The van der Waals surface area contributed by atoms with Crippen molar-refractivity contribution in [2.45, 2.75) is 25.4 Å². The summed E-state index contributed by atoms with van der Waals surface area (Å²) in [5.74, 6) is 0.185. The van der Waals surface area contributed by atoms with Gasteiger partial charge in [-0.2, -0.15) is 0 Å². The zero-order valence-electron chi connectivity index (χ0n) is 14.5. The second kappa shape index (κ2) is 7.33. The number of halogens is 1. The number of esters is 1. The van der Waals surface area contributed by atoms with Gasteiger partial charge in [0.2, 0.25) is 0 Å². The number of hydrogen-bond acceptors (Lipinski definition) is 5. The van der Waals surface area contributed by atoms with Gasteiger partial charge in [-0.05, 0) is 31.9 Å². The summed E-state index contributed by atoms with van der Waals surface area (Å²) in [7, 11) is 1.28. The number of fused-ring (bicyclic) bond motifs is 1. The van der Waals surface area contributed by atoms with Crippen LogP contribution >= 0.6 is 11.6 Å². The highest BCUT2D eigenvalue weighted by Gasteiger charge is 2.35. The number of benzene rings is 2. The Morgan fingerprint density at radius 2 is 2.04 bits per heavy atom. The highest BCUT2D eigenvalue weighted by atomic mass is 35.5. The minimum Gasteiger partial charge on any atom is -0.484 e. The molecule has 1 aliphatic rings. The number of ether oxygens (including phenoxy) is 2. The first kappa shape index (κ1) is 18.2. The van der Waals surface area contributed by atoms with Crippen LogP contribution in [-0.2, 0) is 16.0 Å². The number of aryl methyl sites for hydroxylation is 1. The molecule has 2 aromatic rings. The van der Waals surface area contributed by atoms with Crippen molar-refractivity contribution in [2.24, 2.45) is 0 Å². The van der Waals surface area contributed by atoms with E-state index in [9.17, 15) is 9.70 Å². The third kappa shape index (κ3) is 3.80. The molecular formula is C19H19ClNO5+. The monoisotopic (exact) mass is 376 g/mol. The van der Waals surface area contributed by atoms with Crippen LogP contribution in [0.2, 0.25) is 5.02 Å². The summed E-state index contributed by atoms with van der Waals surface area (Å²) in [5.41, 5.74) is 0.917. The molecular weight excluding hydrogens is 358 g/mol. The van der Waals surface area contributed by atoms with E-state index in [0.717, 1.165) is 5.56 Å². The van der Waals surface area contributed by atoms with Gasteiger partial charge in [-0.25, -0.2) is 9.63 Å². The summed E-state index contributed by atoms with van der Waals surface area (Å²) >= 11 is 6.15. The third-order valence-corrected chi connectivity index (χ3v) is 4.59. The molecule has 0 saturated heterocycles. The molecule has 3 rings (SSSR count). The van der Waals surface area contributed by atoms with E-state index in [4.69, 9.17) is 21.1 Å². The normalized spacial score (nSPS) is 18.4. The summed E-state index contributed by atoms with van der Waals surface area (Å²) in [6.07, 6.45) is 1.30. The molecule has 6 nitrogen and oxygen atoms in total. The average Bonchev–Trinajstić information content (AvgIpc) is 2.65. The van der Waals surface area contributed by atoms with Gasteiger partial charge < -0.3 is 9.47 Å². The maximum absolute atomic E-state index is 12.1. The molecule has 136 valence electrons. The van der Waals surface area contributed by atoms with Gasteiger partial charge in [-0.1, -0.05) is 29.8 Å². The van der Waals surface area contributed by atoms with Gasteiger partial charge >= 0.3 is 11.7 Å². The first-order valence-corrected chi connectivity index (χ1v) is 8.55. The zero-order valence-corrected chi connectivity index (χ0v) is 15.3. The second-order valence-electron chi connectivity index (χ2n) is 6.35. The Morgan fingerprint density at radius 1 is 1.31 bits per heavy atom. The van der Waals surface area contributed by atoms with Gasteiger partial charge in [0, 0.05) is 17.7 Å². The van der Waals surface area contributed by atoms with E-state index in [0.29, 0.717) is 29.1 Å².